The minimum absolute atomic E-state index is 1.11. The molecule has 0 fully saturated rings. The van der Waals surface area contributed by atoms with Crippen LogP contribution in [0.25, 0.3) is 6.08 Å². The van der Waals surface area contributed by atoms with E-state index in [0.29, 0.717) is 0 Å². The summed E-state index contributed by atoms with van der Waals surface area (Å²) in [7, 11) is 2.20. The van der Waals surface area contributed by atoms with Crippen LogP contribution in [0.2, 0.25) is 0 Å². The normalized spacial score (nSPS) is 21.4. The third-order valence-electron chi connectivity index (χ3n) is 2.14. The summed E-state index contributed by atoms with van der Waals surface area (Å²) in [6, 6.07) is 8.53. The highest BCUT2D eigenvalue weighted by molar-refractivity contribution is 5.61. The Kier molecular flexibility index (Phi) is 1.51. The fourth-order valence-corrected chi connectivity index (χ4v) is 1.50. The number of quaternary nitrogens is 1. The number of likely N-dealkylation sites (N-methyl/N-ethyl adjacent to an activating group) is 1. The van der Waals surface area contributed by atoms with Crippen molar-refractivity contribution in [1.82, 2.24) is 0 Å². The van der Waals surface area contributed by atoms with Gasteiger partial charge in [-0.25, -0.2) is 0 Å². The Bertz CT molecular complexity index is 289. The number of hydrogen-bond donors (Lipinski definition) is 1. The van der Waals surface area contributed by atoms with Crippen LogP contribution in [0.15, 0.2) is 30.3 Å². The lowest BCUT2D eigenvalue weighted by Gasteiger charge is -2.16. The maximum Gasteiger partial charge on any atom is 0.138 e. The molecule has 0 saturated carbocycles. The van der Waals surface area contributed by atoms with E-state index in [1.807, 2.05) is 0 Å². The third kappa shape index (κ3) is 1.08. The minimum atomic E-state index is 1.11. The van der Waals surface area contributed by atoms with Crippen LogP contribution in [0.3, 0.4) is 0 Å². The Morgan fingerprint density at radius 3 is 2.91 bits per heavy atom. The molecule has 2 rings (SSSR count). The predicted molar refractivity (Wildman–Crippen MR) is 46.9 cm³/mol. The van der Waals surface area contributed by atoms with Gasteiger partial charge in [0, 0.05) is 5.56 Å². The van der Waals surface area contributed by atoms with Crippen molar-refractivity contribution in [2.75, 3.05) is 13.6 Å². The van der Waals surface area contributed by atoms with Gasteiger partial charge < -0.3 is 4.90 Å². The van der Waals surface area contributed by atoms with E-state index in [-0.39, 0.29) is 0 Å². The van der Waals surface area contributed by atoms with Crippen LogP contribution in [-0.2, 0) is 0 Å². The molecule has 1 aliphatic heterocycles. The Morgan fingerprint density at radius 1 is 1.27 bits per heavy atom. The predicted octanol–water partition coefficient (Wildman–Crippen LogP) is 0.860. The zero-order valence-electron chi connectivity index (χ0n) is 6.67. The molecule has 1 heterocycles. The Hall–Kier alpha value is -1.08. The zero-order valence-corrected chi connectivity index (χ0v) is 6.67. The van der Waals surface area contributed by atoms with Gasteiger partial charge in [-0.3, -0.25) is 0 Å². The monoisotopic (exact) mass is 146 g/mol. The van der Waals surface area contributed by atoms with Crippen LogP contribution in [0.4, 0.5) is 5.69 Å². The van der Waals surface area contributed by atoms with E-state index in [2.05, 4.69) is 43.5 Å². The first kappa shape index (κ1) is 6.62. The van der Waals surface area contributed by atoms with E-state index >= 15 is 0 Å². The van der Waals surface area contributed by atoms with Gasteiger partial charge in [0.05, 0.1) is 7.05 Å². The van der Waals surface area contributed by atoms with Gasteiger partial charge in [-0.2, -0.15) is 0 Å². The molecule has 0 aromatic heterocycles. The molecule has 0 saturated heterocycles. The van der Waals surface area contributed by atoms with Crippen LogP contribution < -0.4 is 4.90 Å². The van der Waals surface area contributed by atoms with Crippen molar-refractivity contribution in [3.8, 4) is 0 Å². The summed E-state index contributed by atoms with van der Waals surface area (Å²) in [6.07, 6.45) is 4.42. The molecule has 1 N–H and O–H groups in total. The standard InChI is InChI=1S/C10H11N/c1-11-8-4-6-9-5-2-3-7-10(9)11/h2-7H,8H2,1H3/p+1. The van der Waals surface area contributed by atoms with Gasteiger partial charge in [-0.1, -0.05) is 12.1 Å². The molecule has 0 spiro atoms. The molecule has 1 aromatic carbocycles. The molecule has 11 heavy (non-hydrogen) atoms. The van der Waals surface area contributed by atoms with E-state index < -0.39 is 0 Å². The minimum Gasteiger partial charge on any atom is -0.301 e. The van der Waals surface area contributed by atoms with Gasteiger partial charge in [-0.15, -0.1) is 0 Å². The number of nitrogens with one attached hydrogen (secondary N) is 1. The lowest BCUT2D eigenvalue weighted by molar-refractivity contribution is -0.803. The smallest absolute Gasteiger partial charge is 0.138 e. The van der Waals surface area contributed by atoms with Crippen molar-refractivity contribution in [1.29, 1.82) is 0 Å². The maximum absolute atomic E-state index is 2.22. The fourth-order valence-electron chi connectivity index (χ4n) is 1.50. The van der Waals surface area contributed by atoms with E-state index in [9.17, 15) is 0 Å². The number of rotatable bonds is 0. The first-order chi connectivity index (χ1) is 5.38. The topological polar surface area (TPSA) is 4.44 Å². The van der Waals surface area contributed by atoms with Gasteiger partial charge in [-0.05, 0) is 24.3 Å². The molecule has 1 aliphatic rings. The largest absolute Gasteiger partial charge is 0.301 e. The fraction of sp³-hybridized carbons (Fsp3) is 0.200. The van der Waals surface area contributed by atoms with Gasteiger partial charge in [0.1, 0.15) is 12.2 Å². The van der Waals surface area contributed by atoms with Crippen LogP contribution in [0.1, 0.15) is 5.56 Å². The van der Waals surface area contributed by atoms with E-state index in [0.717, 1.165) is 6.54 Å². The Balaban J connectivity index is 2.54. The summed E-state index contributed by atoms with van der Waals surface area (Å²) >= 11 is 0. The quantitative estimate of drug-likeness (QED) is 0.553. The summed E-state index contributed by atoms with van der Waals surface area (Å²) in [5.74, 6) is 0. The molecule has 1 aromatic rings. The van der Waals surface area contributed by atoms with Crippen LogP contribution in [0.5, 0.6) is 0 Å². The third-order valence-corrected chi connectivity index (χ3v) is 2.14. The molecule has 1 unspecified atom stereocenters. The average molecular weight is 146 g/mol. The van der Waals surface area contributed by atoms with Crippen LogP contribution in [-0.4, -0.2) is 13.6 Å². The molecule has 1 nitrogen and oxygen atoms in total. The summed E-state index contributed by atoms with van der Waals surface area (Å²) in [5, 5.41) is 0. The van der Waals surface area contributed by atoms with Gasteiger partial charge in [0.25, 0.3) is 0 Å². The highest BCUT2D eigenvalue weighted by Crippen LogP contribution is 2.13. The van der Waals surface area contributed by atoms with Crippen molar-refractivity contribution in [3.63, 3.8) is 0 Å². The second-order valence-corrected chi connectivity index (χ2v) is 2.97. The molecule has 0 radical (unpaired) electrons. The van der Waals surface area contributed by atoms with Crippen molar-refractivity contribution < 1.29 is 4.90 Å². The highest BCUT2D eigenvalue weighted by Gasteiger charge is 2.11. The molecule has 1 atom stereocenters. The maximum atomic E-state index is 2.22. The van der Waals surface area contributed by atoms with Crippen molar-refractivity contribution in [2.45, 2.75) is 0 Å². The molecule has 0 aliphatic carbocycles. The lowest BCUT2D eigenvalue weighted by atomic mass is 10.1. The molecule has 0 amide bonds. The van der Waals surface area contributed by atoms with Gasteiger partial charge in [0.2, 0.25) is 0 Å². The molecular formula is C10H12N+. The van der Waals surface area contributed by atoms with Crippen molar-refractivity contribution >= 4 is 11.8 Å². The SMILES string of the molecule is C[NH+]1CC=Cc2ccccc21. The number of para-hydroxylation sites is 1. The summed E-state index contributed by atoms with van der Waals surface area (Å²) < 4.78 is 0. The number of hydrogen-bond acceptors (Lipinski definition) is 0. The second-order valence-electron chi connectivity index (χ2n) is 2.97. The van der Waals surface area contributed by atoms with Crippen LogP contribution in [0, 0.1) is 0 Å². The van der Waals surface area contributed by atoms with Gasteiger partial charge in [0.15, 0.2) is 0 Å². The summed E-state index contributed by atoms with van der Waals surface area (Å²) in [6.45, 7) is 1.11. The Morgan fingerprint density at radius 2 is 2.09 bits per heavy atom. The Labute approximate surface area is 67.0 Å². The van der Waals surface area contributed by atoms with Crippen molar-refractivity contribution in [3.05, 3.63) is 35.9 Å². The van der Waals surface area contributed by atoms with Crippen molar-refractivity contribution in [2.24, 2.45) is 0 Å². The lowest BCUT2D eigenvalue weighted by Crippen LogP contribution is -3.04. The molecule has 1 heteroatoms. The molecule has 56 valence electrons. The zero-order chi connectivity index (χ0) is 7.68. The first-order valence-corrected chi connectivity index (χ1v) is 3.96. The number of benzene rings is 1. The van der Waals surface area contributed by atoms with Crippen LogP contribution >= 0.6 is 0 Å². The first-order valence-electron chi connectivity index (χ1n) is 3.96. The molecule has 0 bridgehead atoms. The second kappa shape index (κ2) is 2.51. The molecular weight excluding hydrogens is 134 g/mol. The summed E-state index contributed by atoms with van der Waals surface area (Å²) in [4.78, 5) is 1.48. The summed E-state index contributed by atoms with van der Waals surface area (Å²) in [5.41, 5.74) is 2.77. The average Bonchev–Trinajstić information content (AvgIpc) is 2.06. The van der Waals surface area contributed by atoms with E-state index in [4.69, 9.17) is 0 Å². The highest BCUT2D eigenvalue weighted by atomic mass is 15.1. The van der Waals surface area contributed by atoms with Gasteiger partial charge >= 0.3 is 0 Å². The number of fused-ring (bicyclic) bond motifs is 1. The van der Waals surface area contributed by atoms with E-state index in [1.165, 1.54) is 16.2 Å². The van der Waals surface area contributed by atoms with E-state index in [1.54, 1.807) is 0 Å².